The van der Waals surface area contributed by atoms with Gasteiger partial charge in [0.25, 0.3) is 0 Å². The summed E-state index contributed by atoms with van der Waals surface area (Å²) in [5, 5.41) is 0. The zero-order valence-corrected chi connectivity index (χ0v) is 22.3. The van der Waals surface area contributed by atoms with Gasteiger partial charge in [-0.2, -0.15) is 22.3 Å². The van der Waals surface area contributed by atoms with E-state index in [1.165, 1.54) is 33.4 Å². The van der Waals surface area contributed by atoms with Crippen LogP contribution in [0.15, 0.2) is 33.4 Å². The van der Waals surface area contributed by atoms with Crippen molar-refractivity contribution in [2.75, 3.05) is 0 Å². The maximum absolute atomic E-state index is 11.2. The van der Waals surface area contributed by atoms with Crippen LogP contribution in [0, 0.1) is 24.0 Å². The molecule has 0 aliphatic heterocycles. The van der Waals surface area contributed by atoms with Crippen LogP contribution in [-0.2, 0) is 24.2 Å². The molecule has 2 unspecified atom stereocenters. The van der Waals surface area contributed by atoms with Crippen molar-refractivity contribution >= 4 is 28.0 Å². The molecule has 0 saturated carbocycles. The third kappa shape index (κ3) is 10.5. The third-order valence-electron chi connectivity index (χ3n) is 5.04. The molecule has 0 bridgehead atoms. The number of hydrogen-bond donors (Lipinski definition) is 0. The molecule has 0 aromatic heterocycles. The Morgan fingerprint density at radius 2 is 0.900 bits per heavy atom. The minimum atomic E-state index is -5.23. The maximum atomic E-state index is 11.2. The van der Waals surface area contributed by atoms with Crippen molar-refractivity contribution in [3.05, 3.63) is 45.6 Å². The summed E-state index contributed by atoms with van der Waals surface area (Å²) in [6.45, 7) is 17.3. The van der Waals surface area contributed by atoms with Gasteiger partial charge in [0.15, 0.2) is 0 Å². The van der Waals surface area contributed by atoms with Crippen LogP contribution in [0.25, 0.3) is 0 Å². The number of hydrogen-bond acceptors (Lipinski definition) is 0. The fourth-order valence-electron chi connectivity index (χ4n) is 2.48. The summed E-state index contributed by atoms with van der Waals surface area (Å²) in [5.41, 5.74) is 8.49. The summed E-state index contributed by atoms with van der Waals surface area (Å²) >= 11 is -0.665. The van der Waals surface area contributed by atoms with Crippen molar-refractivity contribution < 1.29 is 50.6 Å². The zero-order valence-electron chi connectivity index (χ0n) is 18.2. The number of halogens is 8. The quantitative estimate of drug-likeness (QED) is 0.209. The minimum absolute atomic E-state index is 0. The molecule has 0 aromatic rings. The van der Waals surface area contributed by atoms with Gasteiger partial charge >= 0.3 is 66.1 Å². The Kier molecular flexibility index (Phi) is 15.4. The molecule has 0 saturated heterocycles. The van der Waals surface area contributed by atoms with Gasteiger partial charge in [-0.3, -0.25) is 12.2 Å². The fraction of sp³-hybridized carbons (Fsp3) is 0.571. The Bertz CT molecular complexity index is 665. The van der Waals surface area contributed by atoms with Crippen molar-refractivity contribution in [1.29, 1.82) is 0 Å². The Morgan fingerprint density at radius 1 is 0.667 bits per heavy atom. The topological polar surface area (TPSA) is 0 Å². The van der Waals surface area contributed by atoms with Crippen molar-refractivity contribution in [2.24, 2.45) is 11.8 Å². The molecule has 0 spiro atoms. The zero-order chi connectivity index (χ0) is 22.6. The van der Waals surface area contributed by atoms with Gasteiger partial charge in [-0.05, 0) is 0 Å². The molecule has 0 N–H and O–H groups in total. The van der Waals surface area contributed by atoms with Crippen LogP contribution in [0.2, 0.25) is 0 Å². The Balaban J connectivity index is -0.000000353. The first-order valence-electron chi connectivity index (χ1n) is 8.69. The summed E-state index contributed by atoms with van der Waals surface area (Å²) in [6, 6.07) is 0. The average molecular weight is 557 g/mol. The molecule has 172 valence electrons. The van der Waals surface area contributed by atoms with Crippen LogP contribution < -0.4 is 0 Å². The van der Waals surface area contributed by atoms with Crippen molar-refractivity contribution in [2.45, 2.75) is 67.7 Å². The Hall–Kier alpha value is -0.127. The van der Waals surface area contributed by atoms with Crippen molar-refractivity contribution in [3.63, 3.8) is 0 Å². The van der Waals surface area contributed by atoms with E-state index in [0.29, 0.717) is 11.8 Å². The third-order valence-corrected chi connectivity index (χ3v) is 6.43. The molecule has 2 rings (SSSR count). The molecule has 0 nitrogen and oxygen atoms in total. The first-order chi connectivity index (χ1) is 12.4. The first-order valence-corrected chi connectivity index (χ1v) is 9.92. The second kappa shape index (κ2) is 13.4. The average Bonchev–Trinajstić information content (AvgIpc) is 2.90. The fourth-order valence-corrected chi connectivity index (χ4v) is 2.48. The van der Waals surface area contributed by atoms with E-state index in [1.54, 1.807) is 0 Å². The van der Waals surface area contributed by atoms with E-state index in [-0.39, 0.29) is 24.8 Å². The summed E-state index contributed by atoms with van der Waals surface area (Å²) < 4.78 is 64.9. The van der Waals surface area contributed by atoms with E-state index in [1.807, 2.05) is 0 Å². The van der Waals surface area contributed by atoms with Crippen LogP contribution in [0.1, 0.15) is 55.4 Å². The van der Waals surface area contributed by atoms with Gasteiger partial charge in [0.05, 0.1) is 0 Å². The van der Waals surface area contributed by atoms with Gasteiger partial charge < -0.3 is 0 Å². The first kappa shape index (κ1) is 34.5. The van der Waals surface area contributed by atoms with E-state index < -0.39 is 39.8 Å². The van der Waals surface area contributed by atoms with Crippen LogP contribution in [-0.4, -0.2) is 15.6 Å². The molecule has 0 heterocycles. The van der Waals surface area contributed by atoms with Gasteiger partial charge in [-0.1, -0.05) is 53.4 Å². The molecular formula is C21H28Cl2F6Zr. The molecule has 2 aliphatic rings. The summed E-state index contributed by atoms with van der Waals surface area (Å²) in [4.78, 5) is 0. The predicted molar refractivity (Wildman–Crippen MR) is 112 cm³/mol. The van der Waals surface area contributed by atoms with E-state index in [2.05, 4.69) is 67.5 Å². The molecule has 2 atom stereocenters. The Morgan fingerprint density at radius 3 is 0.933 bits per heavy atom. The number of allylic oxidation sites excluding steroid dienone is 8. The molecule has 0 radical (unpaired) electrons. The van der Waals surface area contributed by atoms with Crippen molar-refractivity contribution in [1.82, 2.24) is 0 Å². The van der Waals surface area contributed by atoms with E-state index in [9.17, 15) is 26.3 Å². The summed E-state index contributed by atoms with van der Waals surface area (Å²) in [7, 11) is 0. The molecule has 0 amide bonds. The molecule has 0 aromatic carbocycles. The second-order valence-corrected chi connectivity index (χ2v) is 8.20. The van der Waals surface area contributed by atoms with Crippen LogP contribution in [0.5, 0.6) is 0 Å². The SMILES string of the molecule is CC1=[C-]C(C)C(C)=C1C.CC1=[C-]C(C)C(C)=C1C.Cl.Cl.FC(F)(F)[C](=[Zr+2])C(F)(F)F. The predicted octanol–water partition coefficient (Wildman–Crippen LogP) is 8.12. The summed E-state index contributed by atoms with van der Waals surface area (Å²) in [6.07, 6.45) is -3.73. The van der Waals surface area contributed by atoms with E-state index >= 15 is 0 Å². The van der Waals surface area contributed by atoms with E-state index in [0.717, 1.165) is 0 Å². The molecule has 2 aliphatic carbocycles. The van der Waals surface area contributed by atoms with Gasteiger partial charge in [-0.15, -0.1) is 38.7 Å². The molecule has 0 fully saturated rings. The van der Waals surface area contributed by atoms with E-state index in [4.69, 9.17) is 0 Å². The Labute approximate surface area is 203 Å². The van der Waals surface area contributed by atoms with Gasteiger partial charge in [0.1, 0.15) is 0 Å². The molecule has 9 heteroatoms. The van der Waals surface area contributed by atoms with Crippen LogP contribution in [0.3, 0.4) is 0 Å². The molecule has 30 heavy (non-hydrogen) atoms. The second-order valence-electron chi connectivity index (χ2n) is 6.97. The normalized spacial score (nSPS) is 20.8. The molecular weight excluding hydrogens is 528 g/mol. The number of alkyl halides is 6. The standard InChI is InChI=1S/2C9H13.C3F6.2ClH.Zr/c2*1-6-5-7(2)9(4)8(6)3;4-2(5,6)1-3(7,8)9;;;/h2*6H,1-4H3;;2*1H;/q2*-1;;;;+2. The van der Waals surface area contributed by atoms with Gasteiger partial charge in [0, 0.05) is 0 Å². The summed E-state index contributed by atoms with van der Waals surface area (Å²) in [5.74, 6) is 1.12. The van der Waals surface area contributed by atoms with Gasteiger partial charge in [-0.25, -0.2) is 11.1 Å². The van der Waals surface area contributed by atoms with Crippen LogP contribution >= 0.6 is 24.8 Å². The van der Waals surface area contributed by atoms with Gasteiger partial charge in [0.2, 0.25) is 0 Å². The van der Waals surface area contributed by atoms with Crippen LogP contribution in [0.4, 0.5) is 26.3 Å². The van der Waals surface area contributed by atoms with Crippen molar-refractivity contribution in [3.8, 4) is 0 Å². The monoisotopic (exact) mass is 554 g/mol. The number of rotatable bonds is 0.